The van der Waals surface area contributed by atoms with Crippen molar-refractivity contribution in [2.75, 3.05) is 20.7 Å². The SMILES string of the molecule is COc1cc(CN(C)C(=O)c2csc(CCN)n2)ccc1O. The first-order valence-corrected chi connectivity index (χ1v) is 7.69. The number of carbonyl (C=O) groups excluding carboxylic acids is 1. The Labute approximate surface area is 133 Å². The number of methoxy groups -OCH3 is 1. The second-order valence-electron chi connectivity index (χ2n) is 4.83. The maximum atomic E-state index is 12.3. The predicted octanol–water partition coefficient (Wildman–Crippen LogP) is 1.63. The summed E-state index contributed by atoms with van der Waals surface area (Å²) in [6.45, 7) is 0.920. The summed E-state index contributed by atoms with van der Waals surface area (Å²) in [5.74, 6) is 0.315. The molecule has 6 nitrogen and oxygen atoms in total. The Bertz CT molecular complexity index is 657. The number of hydrogen-bond donors (Lipinski definition) is 2. The topological polar surface area (TPSA) is 88.7 Å². The number of hydrogen-bond acceptors (Lipinski definition) is 6. The lowest BCUT2D eigenvalue weighted by Crippen LogP contribution is -2.26. The van der Waals surface area contributed by atoms with Crippen molar-refractivity contribution in [2.24, 2.45) is 5.73 Å². The predicted molar refractivity (Wildman–Crippen MR) is 85.3 cm³/mol. The van der Waals surface area contributed by atoms with E-state index in [1.165, 1.54) is 18.4 Å². The third kappa shape index (κ3) is 3.75. The molecule has 0 saturated heterocycles. The number of phenols is 1. The van der Waals surface area contributed by atoms with Crippen molar-refractivity contribution in [1.82, 2.24) is 9.88 Å². The molecule has 1 amide bonds. The van der Waals surface area contributed by atoms with Gasteiger partial charge in [-0.05, 0) is 24.2 Å². The van der Waals surface area contributed by atoms with Crippen LogP contribution in [0.1, 0.15) is 21.1 Å². The van der Waals surface area contributed by atoms with Crippen LogP contribution in [0.15, 0.2) is 23.6 Å². The molecular formula is C15H19N3O3S. The van der Waals surface area contributed by atoms with E-state index >= 15 is 0 Å². The minimum atomic E-state index is -0.147. The van der Waals surface area contributed by atoms with Crippen LogP contribution in [0.4, 0.5) is 0 Å². The summed E-state index contributed by atoms with van der Waals surface area (Å²) in [5.41, 5.74) is 6.78. The standard InChI is InChI=1S/C15H19N3O3S/c1-18(8-10-3-4-12(19)13(7-10)21-2)15(20)11-9-22-14(17-11)5-6-16/h3-4,7,9,19H,5-6,8,16H2,1-2H3. The molecule has 0 bridgehead atoms. The minimum absolute atomic E-state index is 0.0751. The van der Waals surface area contributed by atoms with Crippen molar-refractivity contribution in [3.8, 4) is 11.5 Å². The van der Waals surface area contributed by atoms with Crippen LogP contribution in [0.25, 0.3) is 0 Å². The van der Waals surface area contributed by atoms with E-state index in [1.807, 2.05) is 0 Å². The van der Waals surface area contributed by atoms with Gasteiger partial charge in [-0.15, -0.1) is 11.3 Å². The number of ether oxygens (including phenoxy) is 1. The van der Waals surface area contributed by atoms with Crippen molar-refractivity contribution < 1.29 is 14.6 Å². The maximum absolute atomic E-state index is 12.3. The van der Waals surface area contributed by atoms with Crippen molar-refractivity contribution in [3.63, 3.8) is 0 Å². The number of aromatic hydroxyl groups is 1. The summed E-state index contributed by atoms with van der Waals surface area (Å²) in [6, 6.07) is 5.01. The van der Waals surface area contributed by atoms with E-state index in [2.05, 4.69) is 4.98 Å². The molecule has 0 saturated carbocycles. The van der Waals surface area contributed by atoms with Crippen LogP contribution < -0.4 is 10.5 Å². The van der Waals surface area contributed by atoms with E-state index in [0.29, 0.717) is 31.0 Å². The lowest BCUT2D eigenvalue weighted by molar-refractivity contribution is 0.0780. The summed E-state index contributed by atoms with van der Waals surface area (Å²) in [6.07, 6.45) is 0.677. The number of aromatic nitrogens is 1. The highest BCUT2D eigenvalue weighted by molar-refractivity contribution is 7.09. The molecule has 118 valence electrons. The van der Waals surface area contributed by atoms with Crippen LogP contribution in [0.5, 0.6) is 11.5 Å². The first kappa shape index (κ1) is 16.3. The molecule has 3 N–H and O–H groups in total. The van der Waals surface area contributed by atoms with Crippen LogP contribution in [-0.4, -0.2) is 41.6 Å². The molecule has 7 heteroatoms. The zero-order chi connectivity index (χ0) is 16.1. The Balaban J connectivity index is 2.07. The fraction of sp³-hybridized carbons (Fsp3) is 0.333. The molecule has 0 unspecified atom stereocenters. The lowest BCUT2D eigenvalue weighted by atomic mass is 10.2. The Kier molecular flexibility index (Phi) is 5.35. The van der Waals surface area contributed by atoms with E-state index in [0.717, 1.165) is 10.6 Å². The third-order valence-electron chi connectivity index (χ3n) is 3.14. The number of nitrogens with two attached hydrogens (primary N) is 1. The monoisotopic (exact) mass is 321 g/mol. The second-order valence-corrected chi connectivity index (χ2v) is 5.78. The zero-order valence-electron chi connectivity index (χ0n) is 12.6. The number of phenolic OH excluding ortho intramolecular Hbond substituents is 1. The van der Waals surface area contributed by atoms with Gasteiger partial charge in [-0.3, -0.25) is 4.79 Å². The summed E-state index contributed by atoms with van der Waals surface area (Å²) >= 11 is 1.44. The fourth-order valence-electron chi connectivity index (χ4n) is 2.01. The number of carbonyl (C=O) groups is 1. The van der Waals surface area contributed by atoms with Gasteiger partial charge < -0.3 is 20.5 Å². The molecular weight excluding hydrogens is 302 g/mol. The van der Waals surface area contributed by atoms with Gasteiger partial charge in [-0.25, -0.2) is 4.98 Å². The summed E-state index contributed by atoms with van der Waals surface area (Å²) in [5, 5.41) is 12.2. The summed E-state index contributed by atoms with van der Waals surface area (Å²) < 4.78 is 5.07. The molecule has 0 radical (unpaired) electrons. The van der Waals surface area contributed by atoms with Gasteiger partial charge in [0.1, 0.15) is 5.69 Å². The van der Waals surface area contributed by atoms with Gasteiger partial charge in [-0.2, -0.15) is 0 Å². The zero-order valence-corrected chi connectivity index (χ0v) is 13.4. The number of rotatable bonds is 6. The molecule has 0 atom stereocenters. The highest BCUT2D eigenvalue weighted by Gasteiger charge is 2.16. The van der Waals surface area contributed by atoms with E-state index in [4.69, 9.17) is 10.5 Å². The molecule has 1 heterocycles. The molecule has 0 spiro atoms. The molecule has 0 fully saturated rings. The highest BCUT2D eigenvalue weighted by Crippen LogP contribution is 2.26. The van der Waals surface area contributed by atoms with Crippen molar-refractivity contribution in [2.45, 2.75) is 13.0 Å². The van der Waals surface area contributed by atoms with Crippen molar-refractivity contribution in [1.29, 1.82) is 0 Å². The van der Waals surface area contributed by atoms with E-state index in [-0.39, 0.29) is 11.7 Å². The number of amides is 1. The van der Waals surface area contributed by atoms with Gasteiger partial charge in [-0.1, -0.05) is 6.07 Å². The van der Waals surface area contributed by atoms with Crippen LogP contribution in [0, 0.1) is 0 Å². The Morgan fingerprint density at radius 3 is 2.95 bits per heavy atom. The Morgan fingerprint density at radius 1 is 1.50 bits per heavy atom. The highest BCUT2D eigenvalue weighted by atomic mass is 32.1. The van der Waals surface area contributed by atoms with Crippen molar-refractivity contribution in [3.05, 3.63) is 39.8 Å². The van der Waals surface area contributed by atoms with Gasteiger partial charge in [0.05, 0.1) is 12.1 Å². The molecule has 0 aliphatic rings. The van der Waals surface area contributed by atoms with Gasteiger partial charge in [0.15, 0.2) is 11.5 Å². The van der Waals surface area contributed by atoms with Crippen molar-refractivity contribution >= 4 is 17.2 Å². The smallest absolute Gasteiger partial charge is 0.273 e. The molecule has 1 aromatic heterocycles. The number of thiazole rings is 1. The van der Waals surface area contributed by atoms with Gasteiger partial charge in [0.2, 0.25) is 0 Å². The fourth-order valence-corrected chi connectivity index (χ4v) is 2.80. The van der Waals surface area contributed by atoms with Gasteiger partial charge in [0.25, 0.3) is 5.91 Å². The maximum Gasteiger partial charge on any atom is 0.273 e. The normalized spacial score (nSPS) is 10.5. The van der Waals surface area contributed by atoms with Crippen LogP contribution in [0.2, 0.25) is 0 Å². The lowest BCUT2D eigenvalue weighted by Gasteiger charge is -2.16. The van der Waals surface area contributed by atoms with E-state index in [1.54, 1.807) is 35.5 Å². The number of benzene rings is 1. The molecule has 2 aromatic rings. The number of nitrogens with zero attached hydrogens (tertiary/aromatic N) is 2. The summed E-state index contributed by atoms with van der Waals surface area (Å²) in [7, 11) is 3.20. The molecule has 2 rings (SSSR count). The largest absolute Gasteiger partial charge is 0.504 e. The molecule has 1 aromatic carbocycles. The average molecular weight is 321 g/mol. The van der Waals surface area contributed by atoms with E-state index < -0.39 is 0 Å². The Hall–Kier alpha value is -2.12. The Morgan fingerprint density at radius 2 is 2.27 bits per heavy atom. The minimum Gasteiger partial charge on any atom is -0.504 e. The van der Waals surface area contributed by atoms with Crippen LogP contribution in [0.3, 0.4) is 0 Å². The molecule has 0 aliphatic carbocycles. The summed E-state index contributed by atoms with van der Waals surface area (Å²) in [4.78, 5) is 18.2. The van der Waals surface area contributed by atoms with Gasteiger partial charge >= 0.3 is 0 Å². The molecule has 0 aliphatic heterocycles. The van der Waals surface area contributed by atoms with Crippen LogP contribution >= 0.6 is 11.3 Å². The first-order chi connectivity index (χ1) is 10.5. The molecule has 22 heavy (non-hydrogen) atoms. The quantitative estimate of drug-likeness (QED) is 0.844. The first-order valence-electron chi connectivity index (χ1n) is 6.81. The second kappa shape index (κ2) is 7.24. The average Bonchev–Trinajstić information content (AvgIpc) is 2.97. The van der Waals surface area contributed by atoms with Crippen LogP contribution in [-0.2, 0) is 13.0 Å². The van der Waals surface area contributed by atoms with E-state index in [9.17, 15) is 9.90 Å². The third-order valence-corrected chi connectivity index (χ3v) is 4.05. The van der Waals surface area contributed by atoms with Gasteiger partial charge in [0, 0.05) is 25.4 Å².